The van der Waals surface area contributed by atoms with Gasteiger partial charge in [-0.15, -0.1) is 6.58 Å². The molecule has 0 radical (unpaired) electrons. The number of hydrogen-bond donors (Lipinski definition) is 2. The van der Waals surface area contributed by atoms with E-state index in [2.05, 4.69) is 11.9 Å². The molecule has 1 atom stereocenters. The minimum atomic E-state index is -0.580. The Balaban J connectivity index is 2.73. The lowest BCUT2D eigenvalue weighted by molar-refractivity contribution is 0.0940. The van der Waals surface area contributed by atoms with Crippen molar-refractivity contribution in [3.8, 4) is 0 Å². The third-order valence-corrected chi connectivity index (χ3v) is 2.16. The molecular weight excluding hydrogens is 207 g/mol. The molecule has 0 aliphatic rings. The Kier molecular flexibility index (Phi) is 4.05. The third-order valence-electron chi connectivity index (χ3n) is 2.16. The van der Waals surface area contributed by atoms with E-state index in [1.165, 1.54) is 12.1 Å². The van der Waals surface area contributed by atoms with Crippen LogP contribution in [0.1, 0.15) is 23.7 Å². The molecule has 0 saturated carbocycles. The first-order valence-corrected chi connectivity index (χ1v) is 5.01. The molecule has 0 aromatic heterocycles. The molecule has 1 amide bonds. The number of carbonyl (C=O) groups excluding carboxylic acids is 1. The summed E-state index contributed by atoms with van der Waals surface area (Å²) in [4.78, 5) is 11.6. The van der Waals surface area contributed by atoms with Gasteiger partial charge in [-0.2, -0.15) is 0 Å². The number of rotatable bonds is 4. The second-order valence-corrected chi connectivity index (χ2v) is 3.64. The molecule has 4 heteroatoms. The molecule has 1 rings (SSSR count). The van der Waals surface area contributed by atoms with E-state index in [-0.39, 0.29) is 23.2 Å². The average molecular weight is 222 g/mol. The standard InChI is InChI=1S/C12H15FN2O/c1-3-4-8(2)15-12(16)9-5-6-11(14)10(13)7-9/h3,5-8H,1,4,14H2,2H3,(H,15,16). The lowest BCUT2D eigenvalue weighted by Crippen LogP contribution is -2.32. The summed E-state index contributed by atoms with van der Waals surface area (Å²) in [5.74, 6) is -0.891. The van der Waals surface area contributed by atoms with Crippen molar-refractivity contribution in [3.05, 3.63) is 42.2 Å². The van der Waals surface area contributed by atoms with Crippen LogP contribution in [-0.2, 0) is 0 Å². The summed E-state index contributed by atoms with van der Waals surface area (Å²) in [6.45, 7) is 5.43. The predicted molar refractivity (Wildman–Crippen MR) is 62.6 cm³/mol. The van der Waals surface area contributed by atoms with Gasteiger partial charge in [0.25, 0.3) is 5.91 Å². The normalized spacial score (nSPS) is 11.9. The van der Waals surface area contributed by atoms with Crippen molar-refractivity contribution in [1.29, 1.82) is 0 Å². The van der Waals surface area contributed by atoms with E-state index in [9.17, 15) is 9.18 Å². The Hall–Kier alpha value is -1.84. The Bertz CT molecular complexity index is 404. The van der Waals surface area contributed by atoms with Crippen molar-refractivity contribution < 1.29 is 9.18 Å². The maximum absolute atomic E-state index is 13.1. The molecule has 0 heterocycles. The minimum Gasteiger partial charge on any atom is -0.396 e. The molecule has 0 aliphatic carbocycles. The van der Waals surface area contributed by atoms with Gasteiger partial charge in [-0.25, -0.2) is 4.39 Å². The van der Waals surface area contributed by atoms with Crippen molar-refractivity contribution in [1.82, 2.24) is 5.32 Å². The molecule has 3 N–H and O–H groups in total. The van der Waals surface area contributed by atoms with Gasteiger partial charge in [0.05, 0.1) is 5.69 Å². The molecule has 1 aromatic rings. The van der Waals surface area contributed by atoms with Crippen molar-refractivity contribution in [2.75, 3.05) is 5.73 Å². The molecule has 0 saturated heterocycles. The second-order valence-electron chi connectivity index (χ2n) is 3.64. The highest BCUT2D eigenvalue weighted by Gasteiger charge is 2.10. The first kappa shape index (κ1) is 12.2. The number of anilines is 1. The van der Waals surface area contributed by atoms with Gasteiger partial charge >= 0.3 is 0 Å². The monoisotopic (exact) mass is 222 g/mol. The molecule has 16 heavy (non-hydrogen) atoms. The second kappa shape index (κ2) is 5.30. The van der Waals surface area contributed by atoms with E-state index in [0.29, 0.717) is 6.42 Å². The van der Waals surface area contributed by atoms with E-state index in [1.807, 2.05) is 6.92 Å². The maximum Gasteiger partial charge on any atom is 0.251 e. The summed E-state index contributed by atoms with van der Waals surface area (Å²) in [5.41, 5.74) is 5.62. The van der Waals surface area contributed by atoms with E-state index < -0.39 is 5.82 Å². The lowest BCUT2D eigenvalue weighted by atomic mass is 10.1. The lowest BCUT2D eigenvalue weighted by Gasteiger charge is -2.11. The quantitative estimate of drug-likeness (QED) is 0.605. The topological polar surface area (TPSA) is 55.1 Å². The molecule has 1 unspecified atom stereocenters. The Morgan fingerprint density at radius 3 is 2.94 bits per heavy atom. The molecule has 3 nitrogen and oxygen atoms in total. The highest BCUT2D eigenvalue weighted by Crippen LogP contribution is 2.12. The summed E-state index contributed by atoms with van der Waals surface area (Å²) in [7, 11) is 0. The molecule has 1 aromatic carbocycles. The van der Waals surface area contributed by atoms with Crippen LogP contribution in [-0.4, -0.2) is 11.9 Å². The molecule has 0 aliphatic heterocycles. The van der Waals surface area contributed by atoms with Gasteiger partial charge in [0.1, 0.15) is 5.82 Å². The van der Waals surface area contributed by atoms with Crippen LogP contribution in [0.25, 0.3) is 0 Å². The number of amides is 1. The zero-order chi connectivity index (χ0) is 12.1. The van der Waals surface area contributed by atoms with Crippen LogP contribution >= 0.6 is 0 Å². The SMILES string of the molecule is C=CCC(C)NC(=O)c1ccc(N)c(F)c1. The van der Waals surface area contributed by atoms with E-state index >= 15 is 0 Å². The van der Waals surface area contributed by atoms with Gasteiger partial charge in [-0.3, -0.25) is 4.79 Å². The first-order chi connectivity index (χ1) is 7.54. The summed E-state index contributed by atoms with van der Waals surface area (Å²) >= 11 is 0. The zero-order valence-corrected chi connectivity index (χ0v) is 9.16. The molecule has 86 valence electrons. The zero-order valence-electron chi connectivity index (χ0n) is 9.16. The smallest absolute Gasteiger partial charge is 0.251 e. The van der Waals surface area contributed by atoms with Crippen LogP contribution in [0.15, 0.2) is 30.9 Å². The number of nitrogens with two attached hydrogens (primary N) is 1. The summed E-state index contributed by atoms with van der Waals surface area (Å²) in [5, 5.41) is 2.73. The fourth-order valence-corrected chi connectivity index (χ4v) is 1.28. The van der Waals surface area contributed by atoms with E-state index in [0.717, 1.165) is 6.07 Å². The Morgan fingerprint density at radius 2 is 2.38 bits per heavy atom. The average Bonchev–Trinajstić information content (AvgIpc) is 2.22. The Labute approximate surface area is 94.1 Å². The van der Waals surface area contributed by atoms with Crippen LogP contribution in [0.4, 0.5) is 10.1 Å². The molecule has 0 fully saturated rings. The number of hydrogen-bond acceptors (Lipinski definition) is 2. The molecule has 0 spiro atoms. The van der Waals surface area contributed by atoms with Gasteiger partial charge < -0.3 is 11.1 Å². The van der Waals surface area contributed by atoms with E-state index in [1.54, 1.807) is 6.08 Å². The molecule has 0 bridgehead atoms. The van der Waals surface area contributed by atoms with Gasteiger partial charge in [0.15, 0.2) is 0 Å². The highest BCUT2D eigenvalue weighted by atomic mass is 19.1. The number of halogens is 1. The first-order valence-electron chi connectivity index (χ1n) is 5.01. The predicted octanol–water partition coefficient (Wildman–Crippen LogP) is 2.10. The fraction of sp³-hybridized carbons (Fsp3) is 0.250. The van der Waals surface area contributed by atoms with Crippen molar-refractivity contribution in [2.45, 2.75) is 19.4 Å². The van der Waals surface area contributed by atoms with E-state index in [4.69, 9.17) is 5.73 Å². The fourth-order valence-electron chi connectivity index (χ4n) is 1.28. The van der Waals surface area contributed by atoms with Crippen molar-refractivity contribution >= 4 is 11.6 Å². The summed E-state index contributed by atoms with van der Waals surface area (Å²) < 4.78 is 13.1. The highest BCUT2D eigenvalue weighted by molar-refractivity contribution is 5.94. The largest absolute Gasteiger partial charge is 0.396 e. The van der Waals surface area contributed by atoms with Gasteiger partial charge in [-0.05, 0) is 31.5 Å². The summed E-state index contributed by atoms with van der Waals surface area (Å²) in [6.07, 6.45) is 2.39. The number of nitrogens with one attached hydrogen (secondary N) is 1. The van der Waals surface area contributed by atoms with Crippen molar-refractivity contribution in [3.63, 3.8) is 0 Å². The summed E-state index contributed by atoms with van der Waals surface area (Å²) in [6, 6.07) is 3.98. The third kappa shape index (κ3) is 3.08. The van der Waals surface area contributed by atoms with Crippen LogP contribution in [0.3, 0.4) is 0 Å². The number of carbonyl (C=O) groups is 1. The number of nitrogen functional groups attached to an aromatic ring is 1. The van der Waals surface area contributed by atoms with Crippen LogP contribution in [0.2, 0.25) is 0 Å². The molecular formula is C12H15FN2O. The maximum atomic E-state index is 13.1. The minimum absolute atomic E-state index is 0.0226. The van der Waals surface area contributed by atoms with Crippen LogP contribution < -0.4 is 11.1 Å². The Morgan fingerprint density at radius 1 is 1.69 bits per heavy atom. The number of benzene rings is 1. The van der Waals surface area contributed by atoms with Crippen molar-refractivity contribution in [2.24, 2.45) is 0 Å². The van der Waals surface area contributed by atoms with Crippen LogP contribution in [0.5, 0.6) is 0 Å². The van der Waals surface area contributed by atoms with Gasteiger partial charge in [0.2, 0.25) is 0 Å². The van der Waals surface area contributed by atoms with Gasteiger partial charge in [-0.1, -0.05) is 6.08 Å². The van der Waals surface area contributed by atoms with Gasteiger partial charge in [0, 0.05) is 11.6 Å². The van der Waals surface area contributed by atoms with Crippen LogP contribution in [0, 0.1) is 5.82 Å².